The van der Waals surface area contributed by atoms with E-state index < -0.39 is 11.8 Å². The van der Waals surface area contributed by atoms with Crippen molar-refractivity contribution in [2.75, 3.05) is 13.2 Å². The molecule has 0 spiro atoms. The van der Waals surface area contributed by atoms with Gasteiger partial charge >= 0.3 is 0 Å². The van der Waals surface area contributed by atoms with Crippen LogP contribution >= 0.6 is 0 Å². The first kappa shape index (κ1) is 14.4. The fourth-order valence-electron chi connectivity index (χ4n) is 1.71. The van der Waals surface area contributed by atoms with Gasteiger partial charge in [-0.2, -0.15) is 0 Å². The smallest absolute Gasteiger partial charge is 0.237 e. The van der Waals surface area contributed by atoms with Gasteiger partial charge in [0.1, 0.15) is 6.10 Å². The monoisotopic (exact) mass is 244 g/mol. The van der Waals surface area contributed by atoms with Gasteiger partial charge in [0, 0.05) is 6.54 Å². The molecule has 1 amide bonds. The fourth-order valence-corrected chi connectivity index (χ4v) is 1.71. The molecule has 5 nitrogen and oxygen atoms in total. The molecule has 0 aromatic heterocycles. The molecule has 0 aromatic carbocycles. The summed E-state index contributed by atoms with van der Waals surface area (Å²) in [7, 11) is 0. The second-order valence-corrected chi connectivity index (χ2v) is 5.11. The molecule has 0 aliphatic carbocycles. The van der Waals surface area contributed by atoms with Crippen LogP contribution in [-0.2, 0) is 14.3 Å². The summed E-state index contributed by atoms with van der Waals surface area (Å²) in [5.74, 6) is -0.478. The van der Waals surface area contributed by atoms with Crippen LogP contribution in [0.5, 0.6) is 0 Å². The Morgan fingerprint density at radius 1 is 1.59 bits per heavy atom. The highest BCUT2D eigenvalue weighted by Gasteiger charge is 2.33. The maximum Gasteiger partial charge on any atom is 0.237 e. The number of rotatable bonds is 5. The molecular weight excluding hydrogens is 220 g/mol. The van der Waals surface area contributed by atoms with Crippen LogP contribution in [0.4, 0.5) is 0 Å². The second-order valence-electron chi connectivity index (χ2n) is 5.11. The summed E-state index contributed by atoms with van der Waals surface area (Å²) in [6.45, 7) is 8.68. The van der Waals surface area contributed by atoms with Gasteiger partial charge in [-0.1, -0.05) is 20.3 Å². The Kier molecular flexibility index (Phi) is 4.91. The number of ether oxygens (including phenoxy) is 2. The molecule has 1 saturated heterocycles. The van der Waals surface area contributed by atoms with Gasteiger partial charge in [0.05, 0.1) is 12.6 Å². The Morgan fingerprint density at radius 2 is 2.24 bits per heavy atom. The molecule has 3 N–H and O–H groups in total. The maximum atomic E-state index is 11.7. The number of nitrogens with one attached hydrogen (secondary N) is 1. The standard InChI is InChI=1S/C12H24N2O3/c1-5-8(2)10(13)11(15)14-6-9-7-16-12(3,4)17-9/h8-10H,5-7,13H2,1-4H3,(H,14,15). The van der Waals surface area contributed by atoms with E-state index in [1.807, 2.05) is 27.7 Å². The molecule has 5 heteroatoms. The third-order valence-electron chi connectivity index (χ3n) is 3.13. The Morgan fingerprint density at radius 3 is 2.71 bits per heavy atom. The minimum Gasteiger partial charge on any atom is -0.352 e. The molecule has 1 heterocycles. The van der Waals surface area contributed by atoms with E-state index in [2.05, 4.69) is 5.32 Å². The van der Waals surface area contributed by atoms with Gasteiger partial charge < -0.3 is 20.5 Å². The van der Waals surface area contributed by atoms with Crippen molar-refractivity contribution in [2.45, 2.75) is 52.0 Å². The lowest BCUT2D eigenvalue weighted by atomic mass is 9.99. The van der Waals surface area contributed by atoms with Crippen LogP contribution in [0.3, 0.4) is 0 Å². The number of carbonyl (C=O) groups is 1. The highest BCUT2D eigenvalue weighted by Crippen LogP contribution is 2.21. The average Bonchev–Trinajstić information content (AvgIpc) is 2.63. The lowest BCUT2D eigenvalue weighted by Gasteiger charge is -2.20. The van der Waals surface area contributed by atoms with E-state index in [1.165, 1.54) is 0 Å². The predicted octanol–water partition coefficient (Wildman–Crippen LogP) is 0.628. The van der Waals surface area contributed by atoms with Crippen LogP contribution in [0.1, 0.15) is 34.1 Å². The van der Waals surface area contributed by atoms with E-state index in [-0.39, 0.29) is 17.9 Å². The molecule has 3 unspecified atom stereocenters. The van der Waals surface area contributed by atoms with Gasteiger partial charge in [-0.25, -0.2) is 0 Å². The van der Waals surface area contributed by atoms with Crippen molar-refractivity contribution >= 4 is 5.91 Å². The van der Waals surface area contributed by atoms with Crippen LogP contribution < -0.4 is 11.1 Å². The fraction of sp³-hybridized carbons (Fsp3) is 0.917. The van der Waals surface area contributed by atoms with Gasteiger partial charge in [-0.3, -0.25) is 4.79 Å². The van der Waals surface area contributed by atoms with Crippen LogP contribution in [0.2, 0.25) is 0 Å². The lowest BCUT2D eigenvalue weighted by Crippen LogP contribution is -2.47. The van der Waals surface area contributed by atoms with Crippen LogP contribution in [-0.4, -0.2) is 37.0 Å². The number of carbonyl (C=O) groups excluding carboxylic acids is 1. The second kappa shape index (κ2) is 5.80. The van der Waals surface area contributed by atoms with Crippen molar-refractivity contribution in [1.29, 1.82) is 0 Å². The van der Waals surface area contributed by atoms with Crippen LogP contribution in [0.25, 0.3) is 0 Å². The van der Waals surface area contributed by atoms with Crippen LogP contribution in [0, 0.1) is 5.92 Å². The first-order valence-corrected chi connectivity index (χ1v) is 6.20. The largest absolute Gasteiger partial charge is 0.352 e. The van der Waals surface area contributed by atoms with Gasteiger partial charge in [0.15, 0.2) is 5.79 Å². The summed E-state index contributed by atoms with van der Waals surface area (Å²) in [5.41, 5.74) is 5.83. The van der Waals surface area contributed by atoms with Gasteiger partial charge in [-0.15, -0.1) is 0 Å². The van der Waals surface area contributed by atoms with Crippen molar-refractivity contribution in [3.63, 3.8) is 0 Å². The Bertz CT molecular complexity index is 268. The summed E-state index contributed by atoms with van der Waals surface area (Å²) >= 11 is 0. The molecule has 0 bridgehead atoms. The van der Waals surface area contributed by atoms with Gasteiger partial charge in [0.2, 0.25) is 5.91 Å². The molecule has 1 aliphatic rings. The van der Waals surface area contributed by atoms with E-state index in [0.717, 1.165) is 6.42 Å². The minimum absolute atomic E-state index is 0.0851. The average molecular weight is 244 g/mol. The lowest BCUT2D eigenvalue weighted by molar-refractivity contribution is -0.139. The van der Waals surface area contributed by atoms with Crippen molar-refractivity contribution in [3.8, 4) is 0 Å². The predicted molar refractivity (Wildman–Crippen MR) is 65.3 cm³/mol. The molecule has 0 aromatic rings. The number of amides is 1. The van der Waals surface area contributed by atoms with E-state index in [0.29, 0.717) is 13.2 Å². The number of hydrogen-bond acceptors (Lipinski definition) is 4. The SMILES string of the molecule is CCC(C)C(N)C(=O)NCC1COC(C)(C)O1. The quantitative estimate of drug-likeness (QED) is 0.744. The Hall–Kier alpha value is -0.650. The van der Waals surface area contributed by atoms with Crippen molar-refractivity contribution in [2.24, 2.45) is 11.7 Å². The van der Waals surface area contributed by atoms with E-state index in [4.69, 9.17) is 15.2 Å². The summed E-state index contributed by atoms with van der Waals surface area (Å²) in [6, 6.07) is -0.449. The maximum absolute atomic E-state index is 11.7. The summed E-state index contributed by atoms with van der Waals surface area (Å²) in [4.78, 5) is 11.7. The van der Waals surface area contributed by atoms with Crippen molar-refractivity contribution < 1.29 is 14.3 Å². The molecule has 1 fully saturated rings. The summed E-state index contributed by atoms with van der Waals surface area (Å²) in [5, 5.41) is 2.81. The zero-order chi connectivity index (χ0) is 13.1. The molecule has 1 rings (SSSR count). The third-order valence-corrected chi connectivity index (χ3v) is 3.13. The first-order valence-electron chi connectivity index (χ1n) is 6.20. The van der Waals surface area contributed by atoms with Crippen LogP contribution in [0.15, 0.2) is 0 Å². The van der Waals surface area contributed by atoms with Gasteiger partial charge in [-0.05, 0) is 19.8 Å². The van der Waals surface area contributed by atoms with E-state index >= 15 is 0 Å². The molecule has 1 aliphatic heterocycles. The minimum atomic E-state index is -0.547. The molecule has 100 valence electrons. The Labute approximate surface area is 103 Å². The van der Waals surface area contributed by atoms with E-state index in [1.54, 1.807) is 0 Å². The highest BCUT2D eigenvalue weighted by molar-refractivity contribution is 5.81. The van der Waals surface area contributed by atoms with Crippen molar-refractivity contribution in [3.05, 3.63) is 0 Å². The zero-order valence-corrected chi connectivity index (χ0v) is 11.2. The third kappa shape index (κ3) is 4.26. The van der Waals surface area contributed by atoms with Crippen molar-refractivity contribution in [1.82, 2.24) is 5.32 Å². The molecule has 0 radical (unpaired) electrons. The highest BCUT2D eigenvalue weighted by atomic mass is 16.7. The molecule has 0 saturated carbocycles. The number of nitrogens with two attached hydrogens (primary N) is 1. The summed E-state index contributed by atoms with van der Waals surface area (Å²) in [6.07, 6.45) is 0.808. The zero-order valence-electron chi connectivity index (χ0n) is 11.2. The summed E-state index contributed by atoms with van der Waals surface area (Å²) < 4.78 is 11.0. The number of hydrogen-bond donors (Lipinski definition) is 2. The molecule has 17 heavy (non-hydrogen) atoms. The molecule has 3 atom stereocenters. The normalized spacial score (nSPS) is 26.5. The molecular formula is C12H24N2O3. The Balaban J connectivity index is 2.29. The van der Waals surface area contributed by atoms with E-state index in [9.17, 15) is 4.79 Å². The van der Waals surface area contributed by atoms with Gasteiger partial charge in [0.25, 0.3) is 0 Å². The topological polar surface area (TPSA) is 73.6 Å². The first-order chi connectivity index (χ1) is 7.85.